The predicted octanol–water partition coefficient (Wildman–Crippen LogP) is 5.91. The van der Waals surface area contributed by atoms with Crippen LogP contribution in [0.15, 0.2) is 88.2 Å². The Hall–Kier alpha value is -3.27. The number of aromatic hydroxyl groups is 1. The van der Waals surface area contributed by atoms with Crippen LogP contribution in [0, 0.1) is 5.92 Å². The number of azo groups is 1. The molecular formula is C23H20N2O2. The second-order valence-corrected chi connectivity index (χ2v) is 6.96. The number of ketones is 1. The van der Waals surface area contributed by atoms with Crippen molar-refractivity contribution in [3.63, 3.8) is 0 Å². The first-order chi connectivity index (χ1) is 13.1. The number of carbonyl (C=O) groups is 1. The standard InChI is InChI=1S/C23H20N2O2/c1-14-15(2)22(23(27)21(14)16-8-4-3-5-9-16)25-24-20-13-18(26)12-17-10-6-7-11-19(17)20/h3-14,21,26H,1-2H3. The van der Waals surface area contributed by atoms with Crippen molar-refractivity contribution in [3.05, 3.63) is 83.6 Å². The lowest BCUT2D eigenvalue weighted by Gasteiger charge is -2.15. The number of nitrogens with zero attached hydrogens (tertiary/aromatic N) is 2. The van der Waals surface area contributed by atoms with Crippen LogP contribution in [0.2, 0.25) is 0 Å². The number of hydrogen-bond acceptors (Lipinski definition) is 4. The van der Waals surface area contributed by atoms with Gasteiger partial charge in [-0.05, 0) is 35.4 Å². The Kier molecular flexibility index (Phi) is 4.32. The van der Waals surface area contributed by atoms with E-state index in [-0.39, 0.29) is 23.4 Å². The minimum absolute atomic E-state index is 0.000548. The molecule has 1 aliphatic rings. The summed E-state index contributed by atoms with van der Waals surface area (Å²) < 4.78 is 0. The number of rotatable bonds is 3. The van der Waals surface area contributed by atoms with E-state index in [2.05, 4.69) is 17.2 Å². The Morgan fingerprint density at radius 1 is 0.926 bits per heavy atom. The summed E-state index contributed by atoms with van der Waals surface area (Å²) in [4.78, 5) is 13.0. The van der Waals surface area contributed by atoms with Gasteiger partial charge >= 0.3 is 0 Å². The van der Waals surface area contributed by atoms with Crippen LogP contribution in [0.3, 0.4) is 0 Å². The number of allylic oxidation sites excluding steroid dienone is 2. The number of Topliss-reactive ketones (excluding diaryl/α,β-unsaturated/α-hetero) is 1. The predicted molar refractivity (Wildman–Crippen MR) is 106 cm³/mol. The molecule has 4 heteroatoms. The number of fused-ring (bicyclic) bond motifs is 1. The molecule has 0 radical (unpaired) electrons. The lowest BCUT2D eigenvalue weighted by atomic mass is 9.87. The van der Waals surface area contributed by atoms with Crippen molar-refractivity contribution in [2.45, 2.75) is 19.8 Å². The van der Waals surface area contributed by atoms with Crippen LogP contribution in [0.4, 0.5) is 5.69 Å². The Balaban J connectivity index is 1.72. The third-order valence-electron chi connectivity index (χ3n) is 5.31. The van der Waals surface area contributed by atoms with Gasteiger partial charge in [-0.25, -0.2) is 0 Å². The molecule has 2 atom stereocenters. The molecule has 4 nitrogen and oxygen atoms in total. The van der Waals surface area contributed by atoms with Gasteiger partial charge in [-0.1, -0.05) is 61.5 Å². The van der Waals surface area contributed by atoms with Crippen LogP contribution < -0.4 is 0 Å². The van der Waals surface area contributed by atoms with Gasteiger partial charge in [0.15, 0.2) is 5.78 Å². The number of carbonyl (C=O) groups excluding carboxylic acids is 1. The molecule has 0 amide bonds. The number of hydrogen-bond donors (Lipinski definition) is 1. The molecule has 0 aliphatic heterocycles. The van der Waals surface area contributed by atoms with Crippen LogP contribution in [-0.2, 0) is 4.79 Å². The highest BCUT2D eigenvalue weighted by atomic mass is 16.3. The van der Waals surface area contributed by atoms with Gasteiger partial charge in [0, 0.05) is 11.5 Å². The maximum Gasteiger partial charge on any atom is 0.191 e. The maximum absolute atomic E-state index is 13.0. The molecular weight excluding hydrogens is 336 g/mol. The number of phenolic OH excluding ortho intramolecular Hbond substituents is 1. The molecule has 0 saturated heterocycles. The SMILES string of the molecule is CC1=C(N=Nc2cc(O)cc3ccccc23)C(=O)C(c2ccccc2)C1C. The van der Waals surface area contributed by atoms with E-state index in [1.807, 2.05) is 61.5 Å². The van der Waals surface area contributed by atoms with E-state index in [4.69, 9.17) is 0 Å². The average Bonchev–Trinajstić information content (AvgIpc) is 2.89. The Bertz CT molecular complexity index is 1080. The molecule has 27 heavy (non-hydrogen) atoms. The summed E-state index contributed by atoms with van der Waals surface area (Å²) in [5.41, 5.74) is 2.92. The van der Waals surface area contributed by atoms with E-state index in [9.17, 15) is 9.90 Å². The van der Waals surface area contributed by atoms with E-state index in [0.717, 1.165) is 21.9 Å². The van der Waals surface area contributed by atoms with Crippen molar-refractivity contribution in [2.75, 3.05) is 0 Å². The highest BCUT2D eigenvalue weighted by molar-refractivity contribution is 6.04. The molecule has 134 valence electrons. The molecule has 0 saturated carbocycles. The van der Waals surface area contributed by atoms with Crippen LogP contribution in [-0.4, -0.2) is 10.9 Å². The summed E-state index contributed by atoms with van der Waals surface area (Å²) in [6.45, 7) is 4.00. The zero-order valence-corrected chi connectivity index (χ0v) is 15.3. The molecule has 0 fully saturated rings. The van der Waals surface area contributed by atoms with Crippen molar-refractivity contribution >= 4 is 22.2 Å². The maximum atomic E-state index is 13.0. The molecule has 0 spiro atoms. The van der Waals surface area contributed by atoms with Crippen molar-refractivity contribution in [3.8, 4) is 5.75 Å². The van der Waals surface area contributed by atoms with Crippen molar-refractivity contribution in [1.82, 2.24) is 0 Å². The zero-order chi connectivity index (χ0) is 19.0. The average molecular weight is 356 g/mol. The molecule has 3 aromatic carbocycles. The van der Waals surface area contributed by atoms with Crippen LogP contribution in [0.5, 0.6) is 5.75 Å². The fourth-order valence-electron chi connectivity index (χ4n) is 3.72. The fourth-order valence-corrected chi connectivity index (χ4v) is 3.72. The van der Waals surface area contributed by atoms with Gasteiger partial charge in [0.25, 0.3) is 0 Å². The lowest BCUT2D eigenvalue weighted by molar-refractivity contribution is -0.116. The van der Waals surface area contributed by atoms with Crippen LogP contribution in [0.25, 0.3) is 10.8 Å². The minimum Gasteiger partial charge on any atom is -0.508 e. The number of phenols is 1. The highest BCUT2D eigenvalue weighted by Crippen LogP contribution is 2.41. The molecule has 3 aromatic rings. The number of benzene rings is 3. The zero-order valence-electron chi connectivity index (χ0n) is 15.3. The Morgan fingerprint density at radius 2 is 1.63 bits per heavy atom. The fraction of sp³-hybridized carbons (Fsp3) is 0.174. The van der Waals surface area contributed by atoms with Gasteiger partial charge in [0.1, 0.15) is 11.4 Å². The summed E-state index contributed by atoms with van der Waals surface area (Å²) in [5.74, 6) is -0.0168. The van der Waals surface area contributed by atoms with Crippen molar-refractivity contribution < 1.29 is 9.90 Å². The third-order valence-corrected chi connectivity index (χ3v) is 5.31. The lowest BCUT2D eigenvalue weighted by Crippen LogP contribution is -2.13. The van der Waals surface area contributed by atoms with E-state index in [0.29, 0.717) is 11.4 Å². The van der Waals surface area contributed by atoms with Gasteiger partial charge in [-0.3, -0.25) is 4.79 Å². The molecule has 0 heterocycles. The molecule has 4 rings (SSSR count). The van der Waals surface area contributed by atoms with E-state index in [1.54, 1.807) is 12.1 Å². The molecule has 0 bridgehead atoms. The summed E-state index contributed by atoms with van der Waals surface area (Å²) in [6, 6.07) is 20.7. The molecule has 0 aromatic heterocycles. The first kappa shape index (κ1) is 17.2. The highest BCUT2D eigenvalue weighted by Gasteiger charge is 2.38. The summed E-state index contributed by atoms with van der Waals surface area (Å²) in [6.07, 6.45) is 0. The first-order valence-electron chi connectivity index (χ1n) is 8.99. The Morgan fingerprint density at radius 3 is 2.41 bits per heavy atom. The molecule has 1 aliphatic carbocycles. The topological polar surface area (TPSA) is 62.0 Å². The van der Waals surface area contributed by atoms with E-state index in [1.165, 1.54) is 0 Å². The second-order valence-electron chi connectivity index (χ2n) is 6.96. The van der Waals surface area contributed by atoms with Gasteiger partial charge in [0.05, 0.1) is 11.6 Å². The summed E-state index contributed by atoms with van der Waals surface area (Å²) >= 11 is 0. The van der Waals surface area contributed by atoms with Gasteiger partial charge in [-0.15, -0.1) is 10.2 Å². The smallest absolute Gasteiger partial charge is 0.191 e. The van der Waals surface area contributed by atoms with Gasteiger partial charge in [0.2, 0.25) is 0 Å². The summed E-state index contributed by atoms with van der Waals surface area (Å²) in [5, 5.41) is 20.4. The molecule has 2 unspecified atom stereocenters. The minimum atomic E-state index is -0.221. The van der Waals surface area contributed by atoms with Crippen molar-refractivity contribution in [2.24, 2.45) is 16.1 Å². The largest absolute Gasteiger partial charge is 0.508 e. The summed E-state index contributed by atoms with van der Waals surface area (Å²) in [7, 11) is 0. The van der Waals surface area contributed by atoms with Gasteiger partial charge < -0.3 is 5.11 Å². The normalized spacial score (nSPS) is 20.1. The first-order valence-corrected chi connectivity index (χ1v) is 8.99. The van der Waals surface area contributed by atoms with Crippen LogP contribution >= 0.6 is 0 Å². The monoisotopic (exact) mass is 356 g/mol. The van der Waals surface area contributed by atoms with Gasteiger partial charge in [-0.2, -0.15) is 0 Å². The quantitative estimate of drug-likeness (QED) is 0.593. The Labute approximate surface area is 157 Å². The van der Waals surface area contributed by atoms with E-state index >= 15 is 0 Å². The van der Waals surface area contributed by atoms with Crippen molar-refractivity contribution in [1.29, 1.82) is 0 Å². The second kappa shape index (κ2) is 6.80. The van der Waals surface area contributed by atoms with E-state index < -0.39 is 0 Å². The van der Waals surface area contributed by atoms with Crippen LogP contribution in [0.1, 0.15) is 25.3 Å². The third kappa shape index (κ3) is 3.04. The molecule has 1 N–H and O–H groups in total.